The van der Waals surface area contributed by atoms with Gasteiger partial charge in [0.15, 0.2) is 5.76 Å². The van der Waals surface area contributed by atoms with Crippen molar-refractivity contribution < 1.29 is 17.6 Å². The zero-order valence-electron chi connectivity index (χ0n) is 14.5. The minimum atomic E-state index is -3.65. The summed E-state index contributed by atoms with van der Waals surface area (Å²) in [6, 6.07) is 16.8. The van der Waals surface area contributed by atoms with Crippen molar-refractivity contribution >= 4 is 27.3 Å². The van der Waals surface area contributed by atoms with Crippen LogP contribution in [0, 0.1) is 0 Å². The summed E-state index contributed by atoms with van der Waals surface area (Å²) in [5, 5.41) is 0. The van der Waals surface area contributed by atoms with Crippen molar-refractivity contribution in [2.24, 2.45) is 0 Å². The smallest absolute Gasteiger partial charge is 0.293 e. The molecule has 27 heavy (non-hydrogen) atoms. The standard InChI is InChI=1S/C20H18N2O4S/c23-20(19-9-5-13-26-19)22-12-4-6-15-14-16(10-11-18(15)22)21-27(24,25)17-7-2-1-3-8-17/h1-3,5,7-11,13-14,21H,4,6,12H2. The first-order valence-electron chi connectivity index (χ1n) is 8.61. The van der Waals surface area contributed by atoms with E-state index in [1.807, 2.05) is 0 Å². The van der Waals surface area contributed by atoms with Gasteiger partial charge >= 0.3 is 0 Å². The first kappa shape index (κ1) is 17.4. The fourth-order valence-corrected chi connectivity index (χ4v) is 4.29. The van der Waals surface area contributed by atoms with Crippen molar-refractivity contribution in [2.45, 2.75) is 17.7 Å². The summed E-state index contributed by atoms with van der Waals surface area (Å²) in [7, 11) is -3.65. The number of fused-ring (bicyclic) bond motifs is 1. The van der Waals surface area contributed by atoms with E-state index in [2.05, 4.69) is 4.72 Å². The number of nitrogens with one attached hydrogen (secondary N) is 1. The lowest BCUT2D eigenvalue weighted by Gasteiger charge is -2.29. The molecule has 0 spiro atoms. The molecule has 3 aromatic rings. The highest BCUT2D eigenvalue weighted by atomic mass is 32.2. The summed E-state index contributed by atoms with van der Waals surface area (Å²) in [4.78, 5) is 14.5. The number of nitrogens with zero attached hydrogens (tertiary/aromatic N) is 1. The molecule has 0 saturated heterocycles. The Kier molecular flexibility index (Phi) is 4.45. The predicted octanol–water partition coefficient (Wildman–Crippen LogP) is 3.67. The molecule has 0 bridgehead atoms. The molecular formula is C20H18N2O4S. The van der Waals surface area contributed by atoms with Gasteiger partial charge in [-0.05, 0) is 60.9 Å². The highest BCUT2D eigenvalue weighted by Crippen LogP contribution is 2.31. The van der Waals surface area contributed by atoms with Crippen LogP contribution in [0.1, 0.15) is 22.5 Å². The molecule has 7 heteroatoms. The second-order valence-corrected chi connectivity index (χ2v) is 7.98. The lowest BCUT2D eigenvalue weighted by Crippen LogP contribution is -2.35. The van der Waals surface area contributed by atoms with Crippen LogP contribution in [0.4, 0.5) is 11.4 Å². The van der Waals surface area contributed by atoms with Gasteiger partial charge in [0.1, 0.15) is 0 Å². The van der Waals surface area contributed by atoms with Crippen LogP contribution in [0.25, 0.3) is 0 Å². The summed E-state index contributed by atoms with van der Waals surface area (Å²) >= 11 is 0. The lowest BCUT2D eigenvalue weighted by atomic mass is 10.0. The highest BCUT2D eigenvalue weighted by Gasteiger charge is 2.25. The van der Waals surface area contributed by atoms with E-state index in [0.717, 1.165) is 24.1 Å². The third-order valence-corrected chi connectivity index (χ3v) is 5.88. The summed E-state index contributed by atoms with van der Waals surface area (Å²) < 4.78 is 32.8. The maximum Gasteiger partial charge on any atom is 0.293 e. The van der Waals surface area contributed by atoms with Crippen LogP contribution >= 0.6 is 0 Å². The highest BCUT2D eigenvalue weighted by molar-refractivity contribution is 7.92. The molecule has 6 nitrogen and oxygen atoms in total. The van der Waals surface area contributed by atoms with E-state index in [-0.39, 0.29) is 16.6 Å². The zero-order chi connectivity index (χ0) is 18.9. The number of carbonyl (C=O) groups excluding carboxylic acids is 1. The Bertz CT molecular complexity index is 1060. The fraction of sp³-hybridized carbons (Fsp3) is 0.150. The van der Waals surface area contributed by atoms with Gasteiger partial charge < -0.3 is 9.32 Å². The number of anilines is 2. The van der Waals surface area contributed by atoms with Gasteiger partial charge in [0.25, 0.3) is 15.9 Å². The van der Waals surface area contributed by atoms with Crippen LogP contribution in [0.15, 0.2) is 76.2 Å². The number of hydrogen-bond acceptors (Lipinski definition) is 4. The Labute approximate surface area is 157 Å². The van der Waals surface area contributed by atoms with Crippen molar-refractivity contribution in [1.29, 1.82) is 0 Å². The molecule has 0 saturated carbocycles. The molecule has 1 N–H and O–H groups in total. The Hall–Kier alpha value is -3.06. The van der Waals surface area contributed by atoms with Gasteiger partial charge in [-0.3, -0.25) is 9.52 Å². The molecular weight excluding hydrogens is 364 g/mol. The first-order valence-corrected chi connectivity index (χ1v) is 10.1. The van der Waals surface area contributed by atoms with Crippen molar-refractivity contribution in [3.63, 3.8) is 0 Å². The molecule has 2 aromatic carbocycles. The number of sulfonamides is 1. The molecule has 0 radical (unpaired) electrons. The van der Waals surface area contributed by atoms with E-state index < -0.39 is 10.0 Å². The van der Waals surface area contributed by atoms with E-state index in [1.54, 1.807) is 65.6 Å². The topological polar surface area (TPSA) is 79.6 Å². The molecule has 138 valence electrons. The third kappa shape index (κ3) is 3.46. The van der Waals surface area contributed by atoms with Gasteiger partial charge in [0.2, 0.25) is 0 Å². The molecule has 1 aliphatic rings. The first-order chi connectivity index (χ1) is 13.0. The zero-order valence-corrected chi connectivity index (χ0v) is 15.3. The largest absolute Gasteiger partial charge is 0.459 e. The van der Waals surface area contributed by atoms with Crippen LogP contribution in [0.3, 0.4) is 0 Å². The Morgan fingerprint density at radius 3 is 2.59 bits per heavy atom. The number of rotatable bonds is 4. The van der Waals surface area contributed by atoms with E-state index in [0.29, 0.717) is 12.2 Å². The number of furan rings is 1. The number of benzene rings is 2. The monoisotopic (exact) mass is 382 g/mol. The molecule has 0 atom stereocenters. The van der Waals surface area contributed by atoms with Crippen LogP contribution in [-0.2, 0) is 16.4 Å². The molecule has 0 aliphatic carbocycles. The average Bonchev–Trinajstić information content (AvgIpc) is 3.22. The molecule has 0 fully saturated rings. The summed E-state index contributed by atoms with van der Waals surface area (Å²) in [6.45, 7) is 0.599. The van der Waals surface area contributed by atoms with Gasteiger partial charge in [-0.15, -0.1) is 0 Å². The van der Waals surface area contributed by atoms with E-state index in [9.17, 15) is 13.2 Å². The molecule has 1 aromatic heterocycles. The van der Waals surface area contributed by atoms with Crippen molar-refractivity contribution in [3.8, 4) is 0 Å². The summed E-state index contributed by atoms with van der Waals surface area (Å²) in [6.07, 6.45) is 3.05. The Morgan fingerprint density at radius 1 is 1.04 bits per heavy atom. The number of amides is 1. The maximum absolute atomic E-state index is 12.6. The second kappa shape index (κ2) is 6.92. The molecule has 1 amide bonds. The fourth-order valence-electron chi connectivity index (χ4n) is 3.22. The number of aryl methyl sites for hydroxylation is 1. The Balaban J connectivity index is 1.61. The lowest BCUT2D eigenvalue weighted by molar-refractivity contribution is 0.0958. The average molecular weight is 382 g/mol. The van der Waals surface area contributed by atoms with Gasteiger partial charge in [0.05, 0.1) is 11.2 Å². The second-order valence-electron chi connectivity index (χ2n) is 6.30. The predicted molar refractivity (Wildman–Crippen MR) is 102 cm³/mol. The minimum absolute atomic E-state index is 0.196. The van der Waals surface area contributed by atoms with Crippen molar-refractivity contribution in [2.75, 3.05) is 16.2 Å². The number of carbonyl (C=O) groups is 1. The summed E-state index contributed by atoms with van der Waals surface area (Å²) in [5.74, 6) is 0.0928. The molecule has 2 heterocycles. The van der Waals surface area contributed by atoms with Crippen LogP contribution < -0.4 is 9.62 Å². The normalized spacial score (nSPS) is 13.9. The van der Waals surface area contributed by atoms with E-state index in [4.69, 9.17) is 4.42 Å². The molecule has 1 aliphatic heterocycles. The van der Waals surface area contributed by atoms with E-state index in [1.165, 1.54) is 6.26 Å². The molecule has 0 unspecified atom stereocenters. The minimum Gasteiger partial charge on any atom is -0.459 e. The quantitative estimate of drug-likeness (QED) is 0.747. The van der Waals surface area contributed by atoms with Crippen LogP contribution in [0.5, 0.6) is 0 Å². The third-order valence-electron chi connectivity index (χ3n) is 4.48. The van der Waals surface area contributed by atoms with E-state index >= 15 is 0 Å². The summed E-state index contributed by atoms with van der Waals surface area (Å²) in [5.41, 5.74) is 2.18. The Morgan fingerprint density at radius 2 is 1.85 bits per heavy atom. The molecule has 4 rings (SSSR count). The van der Waals surface area contributed by atoms with Crippen LogP contribution in [0.2, 0.25) is 0 Å². The van der Waals surface area contributed by atoms with Crippen molar-refractivity contribution in [3.05, 3.63) is 78.3 Å². The maximum atomic E-state index is 12.6. The number of hydrogen-bond donors (Lipinski definition) is 1. The van der Waals surface area contributed by atoms with Gasteiger partial charge in [-0.2, -0.15) is 0 Å². The van der Waals surface area contributed by atoms with Gasteiger partial charge in [0, 0.05) is 17.9 Å². The van der Waals surface area contributed by atoms with Crippen LogP contribution in [-0.4, -0.2) is 20.9 Å². The van der Waals surface area contributed by atoms with Gasteiger partial charge in [-0.25, -0.2) is 8.42 Å². The van der Waals surface area contributed by atoms with Gasteiger partial charge in [-0.1, -0.05) is 18.2 Å². The SMILES string of the molecule is O=C(c1ccco1)N1CCCc2cc(NS(=O)(=O)c3ccccc3)ccc21. The van der Waals surface area contributed by atoms with Crippen molar-refractivity contribution in [1.82, 2.24) is 0 Å².